The molecule has 0 bridgehead atoms. The van der Waals surface area contributed by atoms with Crippen molar-refractivity contribution in [2.75, 3.05) is 38.2 Å². The highest BCUT2D eigenvalue weighted by molar-refractivity contribution is 7.20. The van der Waals surface area contributed by atoms with Crippen molar-refractivity contribution in [2.45, 2.75) is 0 Å². The van der Waals surface area contributed by atoms with Crippen LogP contribution >= 0.6 is 11.3 Å². The maximum absolute atomic E-state index is 13.9. The standard InChI is InChI=1S/C20H19FN2O2S/c1-25-15-5-2-4-14(12-15)22-8-10-23(11-9-22)20(24)19-13-16-17(21)6-3-7-18(16)26-19/h2-7,12-13H,8-11H2,1H3. The number of hydrogen-bond acceptors (Lipinski definition) is 4. The van der Waals surface area contributed by atoms with E-state index in [9.17, 15) is 9.18 Å². The highest BCUT2D eigenvalue weighted by Gasteiger charge is 2.24. The van der Waals surface area contributed by atoms with Crippen LogP contribution in [0.2, 0.25) is 0 Å². The molecule has 3 aromatic rings. The van der Waals surface area contributed by atoms with Crippen molar-refractivity contribution in [2.24, 2.45) is 0 Å². The van der Waals surface area contributed by atoms with Gasteiger partial charge < -0.3 is 14.5 Å². The quantitative estimate of drug-likeness (QED) is 0.698. The Kier molecular flexibility index (Phi) is 4.51. The summed E-state index contributed by atoms with van der Waals surface area (Å²) in [6.07, 6.45) is 0. The molecule has 0 radical (unpaired) electrons. The van der Waals surface area contributed by atoms with Gasteiger partial charge in [-0.3, -0.25) is 4.79 Å². The molecule has 0 unspecified atom stereocenters. The zero-order chi connectivity index (χ0) is 18.1. The lowest BCUT2D eigenvalue weighted by Crippen LogP contribution is -2.48. The number of ether oxygens (including phenoxy) is 1. The number of carbonyl (C=O) groups is 1. The van der Waals surface area contributed by atoms with E-state index in [1.807, 2.05) is 29.2 Å². The molecular formula is C20H19FN2O2S. The molecule has 0 spiro atoms. The number of carbonyl (C=O) groups excluding carboxylic acids is 1. The minimum Gasteiger partial charge on any atom is -0.497 e. The summed E-state index contributed by atoms with van der Waals surface area (Å²) in [5.74, 6) is 0.532. The van der Waals surface area contributed by atoms with Crippen LogP contribution in [0.25, 0.3) is 10.1 Å². The number of methoxy groups -OCH3 is 1. The smallest absolute Gasteiger partial charge is 0.264 e. The molecule has 1 fully saturated rings. The predicted molar refractivity (Wildman–Crippen MR) is 103 cm³/mol. The van der Waals surface area contributed by atoms with Crippen molar-refractivity contribution < 1.29 is 13.9 Å². The van der Waals surface area contributed by atoms with Gasteiger partial charge in [-0.2, -0.15) is 0 Å². The Morgan fingerprint density at radius 1 is 1.08 bits per heavy atom. The van der Waals surface area contributed by atoms with Crippen LogP contribution in [0.4, 0.5) is 10.1 Å². The first-order valence-electron chi connectivity index (χ1n) is 8.52. The lowest BCUT2D eigenvalue weighted by molar-refractivity contribution is 0.0751. The Hall–Kier alpha value is -2.60. The van der Waals surface area contributed by atoms with Crippen LogP contribution in [-0.2, 0) is 0 Å². The number of halogens is 1. The van der Waals surface area contributed by atoms with E-state index in [2.05, 4.69) is 11.0 Å². The lowest BCUT2D eigenvalue weighted by atomic mass is 10.2. The average Bonchev–Trinajstić information content (AvgIpc) is 3.13. The van der Waals surface area contributed by atoms with E-state index in [0.717, 1.165) is 29.2 Å². The maximum atomic E-state index is 13.9. The lowest BCUT2D eigenvalue weighted by Gasteiger charge is -2.36. The molecule has 0 atom stereocenters. The number of piperazine rings is 1. The van der Waals surface area contributed by atoms with Crippen molar-refractivity contribution >= 4 is 33.0 Å². The monoisotopic (exact) mass is 370 g/mol. The third-order valence-electron chi connectivity index (χ3n) is 4.70. The average molecular weight is 370 g/mol. The van der Waals surface area contributed by atoms with E-state index < -0.39 is 0 Å². The minimum absolute atomic E-state index is 0.0177. The first-order valence-corrected chi connectivity index (χ1v) is 9.34. The van der Waals surface area contributed by atoms with Crippen molar-refractivity contribution in [3.8, 4) is 5.75 Å². The minimum atomic E-state index is -0.277. The molecule has 1 aromatic heterocycles. The van der Waals surface area contributed by atoms with Crippen LogP contribution in [0.3, 0.4) is 0 Å². The van der Waals surface area contributed by atoms with Gasteiger partial charge in [0.1, 0.15) is 11.6 Å². The fraction of sp³-hybridized carbons (Fsp3) is 0.250. The van der Waals surface area contributed by atoms with E-state index in [1.165, 1.54) is 17.4 Å². The molecule has 1 saturated heterocycles. The molecule has 134 valence electrons. The fourth-order valence-electron chi connectivity index (χ4n) is 3.26. The normalized spacial score (nSPS) is 14.7. The van der Waals surface area contributed by atoms with Gasteiger partial charge in [0.15, 0.2) is 0 Å². The van der Waals surface area contributed by atoms with Gasteiger partial charge in [-0.25, -0.2) is 4.39 Å². The molecule has 0 aliphatic carbocycles. The van der Waals surface area contributed by atoms with Gasteiger partial charge in [0.2, 0.25) is 0 Å². The molecule has 2 aromatic carbocycles. The van der Waals surface area contributed by atoms with E-state index in [4.69, 9.17) is 4.74 Å². The Labute approximate surface area is 155 Å². The third-order valence-corrected chi connectivity index (χ3v) is 5.79. The highest BCUT2D eigenvalue weighted by Crippen LogP contribution is 2.29. The number of fused-ring (bicyclic) bond motifs is 1. The Morgan fingerprint density at radius 3 is 2.58 bits per heavy atom. The first kappa shape index (κ1) is 16.8. The number of nitrogens with zero attached hydrogens (tertiary/aromatic N) is 2. The van der Waals surface area contributed by atoms with Crippen LogP contribution in [-0.4, -0.2) is 44.1 Å². The van der Waals surface area contributed by atoms with Crippen molar-refractivity contribution in [3.63, 3.8) is 0 Å². The zero-order valence-corrected chi connectivity index (χ0v) is 15.3. The summed E-state index contributed by atoms with van der Waals surface area (Å²) in [7, 11) is 1.66. The first-order chi connectivity index (χ1) is 12.7. The Morgan fingerprint density at radius 2 is 1.85 bits per heavy atom. The van der Waals surface area contributed by atoms with Crippen LogP contribution in [0.1, 0.15) is 9.67 Å². The summed E-state index contributed by atoms with van der Waals surface area (Å²) in [4.78, 5) is 17.5. The molecule has 1 amide bonds. The number of rotatable bonds is 3. The SMILES string of the molecule is COc1cccc(N2CCN(C(=O)c3cc4c(F)cccc4s3)CC2)c1. The number of amides is 1. The predicted octanol–water partition coefficient (Wildman–Crippen LogP) is 4.01. The van der Waals surface area contributed by atoms with Gasteiger partial charge in [-0.15, -0.1) is 11.3 Å². The Balaban J connectivity index is 1.46. The molecule has 6 heteroatoms. The van der Waals surface area contributed by atoms with Crippen molar-refractivity contribution in [3.05, 3.63) is 59.2 Å². The van der Waals surface area contributed by atoms with Gasteiger partial charge in [-0.05, 0) is 30.3 Å². The summed E-state index contributed by atoms with van der Waals surface area (Å²) in [6.45, 7) is 2.82. The number of thiophene rings is 1. The molecule has 0 N–H and O–H groups in total. The van der Waals surface area contributed by atoms with E-state index in [1.54, 1.807) is 19.2 Å². The van der Waals surface area contributed by atoms with Gasteiger partial charge in [-0.1, -0.05) is 12.1 Å². The second-order valence-electron chi connectivity index (χ2n) is 6.24. The number of hydrogen-bond donors (Lipinski definition) is 0. The molecule has 0 saturated carbocycles. The summed E-state index contributed by atoms with van der Waals surface area (Å²) in [6, 6.07) is 14.6. The second kappa shape index (κ2) is 6.96. The van der Waals surface area contributed by atoms with Crippen LogP contribution in [0, 0.1) is 5.82 Å². The summed E-state index contributed by atoms with van der Waals surface area (Å²) in [5, 5.41) is 0.524. The summed E-state index contributed by atoms with van der Waals surface area (Å²) >= 11 is 1.35. The van der Waals surface area contributed by atoms with Crippen LogP contribution < -0.4 is 9.64 Å². The molecule has 1 aliphatic rings. The highest BCUT2D eigenvalue weighted by atomic mass is 32.1. The van der Waals surface area contributed by atoms with Gasteiger partial charge in [0.25, 0.3) is 5.91 Å². The largest absolute Gasteiger partial charge is 0.497 e. The molecule has 2 heterocycles. The molecule has 4 rings (SSSR count). The number of benzene rings is 2. The summed E-state index contributed by atoms with van der Waals surface area (Å²) in [5.41, 5.74) is 1.10. The number of anilines is 1. The van der Waals surface area contributed by atoms with Gasteiger partial charge >= 0.3 is 0 Å². The van der Waals surface area contributed by atoms with E-state index in [-0.39, 0.29) is 11.7 Å². The second-order valence-corrected chi connectivity index (χ2v) is 7.33. The third kappa shape index (κ3) is 3.12. The molecule has 4 nitrogen and oxygen atoms in total. The van der Waals surface area contributed by atoms with Gasteiger partial charge in [0, 0.05) is 48.0 Å². The topological polar surface area (TPSA) is 32.8 Å². The maximum Gasteiger partial charge on any atom is 0.264 e. The van der Waals surface area contributed by atoms with Crippen LogP contribution in [0.15, 0.2) is 48.5 Å². The molecular weight excluding hydrogens is 351 g/mol. The van der Waals surface area contributed by atoms with E-state index >= 15 is 0 Å². The van der Waals surface area contributed by atoms with Gasteiger partial charge in [0.05, 0.1) is 12.0 Å². The summed E-state index contributed by atoms with van der Waals surface area (Å²) < 4.78 is 20.0. The zero-order valence-electron chi connectivity index (χ0n) is 14.4. The van der Waals surface area contributed by atoms with Crippen molar-refractivity contribution in [1.82, 2.24) is 4.90 Å². The molecule has 26 heavy (non-hydrogen) atoms. The van der Waals surface area contributed by atoms with Crippen LogP contribution in [0.5, 0.6) is 5.75 Å². The van der Waals surface area contributed by atoms with E-state index in [0.29, 0.717) is 23.4 Å². The molecule has 1 aliphatic heterocycles. The fourth-order valence-corrected chi connectivity index (χ4v) is 4.30. The van der Waals surface area contributed by atoms with Crippen molar-refractivity contribution in [1.29, 1.82) is 0 Å². The Bertz CT molecular complexity index is 948.